The Labute approximate surface area is 148 Å². The van der Waals surface area contributed by atoms with Crippen LogP contribution in [0.1, 0.15) is 36.4 Å². The number of fused-ring (bicyclic) bond motifs is 1. The molecule has 3 N–H and O–H groups in total. The third-order valence-corrected chi connectivity index (χ3v) is 4.49. The second-order valence-corrected chi connectivity index (χ2v) is 7.02. The first kappa shape index (κ1) is 17.6. The lowest BCUT2D eigenvalue weighted by atomic mass is 9.91. The monoisotopic (exact) mass is 342 g/mol. The van der Waals surface area contributed by atoms with E-state index in [1.807, 2.05) is 32.9 Å². The molecule has 3 rings (SSSR count). The molecule has 2 heterocycles. The van der Waals surface area contributed by atoms with Crippen molar-refractivity contribution in [2.45, 2.75) is 39.3 Å². The van der Waals surface area contributed by atoms with E-state index < -0.39 is 5.60 Å². The summed E-state index contributed by atoms with van der Waals surface area (Å²) in [5.74, 6) is 2.34. The molecule has 0 unspecified atom stereocenters. The van der Waals surface area contributed by atoms with Gasteiger partial charge in [0.05, 0.1) is 12.2 Å². The average Bonchev–Trinajstić information content (AvgIpc) is 2.57. The largest absolute Gasteiger partial charge is 0.395 e. The first-order chi connectivity index (χ1) is 11.9. The molecule has 0 aliphatic carbocycles. The summed E-state index contributed by atoms with van der Waals surface area (Å²) in [4.78, 5) is 11.2. The number of rotatable bonds is 5. The third kappa shape index (κ3) is 4.08. The van der Waals surface area contributed by atoms with Crippen molar-refractivity contribution in [2.24, 2.45) is 0 Å². The summed E-state index contributed by atoms with van der Waals surface area (Å²) < 4.78 is 0. The fraction of sp³-hybridized carbons (Fsp3) is 0.474. The zero-order chi connectivity index (χ0) is 18.0. The van der Waals surface area contributed by atoms with Gasteiger partial charge in [-0.25, -0.2) is 9.97 Å². The van der Waals surface area contributed by atoms with Gasteiger partial charge in [-0.1, -0.05) is 18.2 Å². The average molecular weight is 342 g/mol. The van der Waals surface area contributed by atoms with E-state index in [0.29, 0.717) is 12.4 Å². The van der Waals surface area contributed by atoms with Gasteiger partial charge in [0.2, 0.25) is 0 Å². The van der Waals surface area contributed by atoms with Crippen LogP contribution < -0.4 is 10.2 Å². The number of hydrogen-bond donors (Lipinski definition) is 3. The molecule has 25 heavy (non-hydrogen) atoms. The zero-order valence-corrected chi connectivity index (χ0v) is 15.1. The van der Waals surface area contributed by atoms with Crippen LogP contribution in [0.15, 0.2) is 24.3 Å². The molecule has 6 nitrogen and oxygen atoms in total. The van der Waals surface area contributed by atoms with Crippen LogP contribution in [0.4, 0.5) is 11.6 Å². The molecule has 2 aromatic rings. The number of aliphatic hydroxyl groups excluding tert-OH is 1. The summed E-state index contributed by atoms with van der Waals surface area (Å²) in [7, 11) is 0. The molecule has 0 fully saturated rings. The lowest BCUT2D eigenvalue weighted by Crippen LogP contribution is -2.32. The van der Waals surface area contributed by atoms with Crippen LogP contribution in [0, 0.1) is 6.92 Å². The van der Waals surface area contributed by atoms with E-state index >= 15 is 0 Å². The van der Waals surface area contributed by atoms with Crippen LogP contribution in [-0.2, 0) is 18.6 Å². The highest BCUT2D eigenvalue weighted by atomic mass is 16.3. The summed E-state index contributed by atoms with van der Waals surface area (Å²) in [5.41, 5.74) is 2.69. The van der Waals surface area contributed by atoms with Gasteiger partial charge in [-0.05, 0) is 43.9 Å². The molecule has 0 bridgehead atoms. The van der Waals surface area contributed by atoms with E-state index in [0.717, 1.165) is 36.7 Å². The molecule has 0 saturated heterocycles. The topological polar surface area (TPSA) is 81.5 Å². The molecule has 1 aliphatic rings. The van der Waals surface area contributed by atoms with Gasteiger partial charge in [0, 0.05) is 25.7 Å². The second kappa shape index (κ2) is 6.98. The second-order valence-electron chi connectivity index (χ2n) is 7.02. The van der Waals surface area contributed by atoms with E-state index in [9.17, 15) is 5.11 Å². The third-order valence-electron chi connectivity index (χ3n) is 4.49. The van der Waals surface area contributed by atoms with E-state index in [1.165, 1.54) is 11.1 Å². The summed E-state index contributed by atoms with van der Waals surface area (Å²) in [6.07, 6.45) is 0.918. The van der Waals surface area contributed by atoms with Crippen molar-refractivity contribution >= 4 is 11.6 Å². The number of aromatic nitrogens is 2. The lowest BCUT2D eigenvalue weighted by molar-refractivity contribution is 0.0785. The Morgan fingerprint density at radius 1 is 1.20 bits per heavy atom. The number of aryl methyl sites for hydroxylation is 1. The van der Waals surface area contributed by atoms with Gasteiger partial charge in [-0.3, -0.25) is 0 Å². The van der Waals surface area contributed by atoms with E-state index in [2.05, 4.69) is 32.3 Å². The highest BCUT2D eigenvalue weighted by molar-refractivity contribution is 5.52. The van der Waals surface area contributed by atoms with Gasteiger partial charge < -0.3 is 20.4 Å². The van der Waals surface area contributed by atoms with Gasteiger partial charge in [-0.2, -0.15) is 0 Å². The maximum atomic E-state index is 10.2. The smallest absolute Gasteiger partial charge is 0.134 e. The zero-order valence-electron chi connectivity index (χ0n) is 15.1. The van der Waals surface area contributed by atoms with E-state index in [4.69, 9.17) is 5.11 Å². The fourth-order valence-corrected chi connectivity index (χ4v) is 3.12. The first-order valence-electron chi connectivity index (χ1n) is 8.67. The molecule has 0 radical (unpaired) electrons. The van der Waals surface area contributed by atoms with Crippen LogP contribution in [0.25, 0.3) is 0 Å². The highest BCUT2D eigenvalue weighted by Crippen LogP contribution is 2.28. The SMILES string of the molecule is Cc1nc(NCCO)cc(N2CCc3cc(C(C)(C)O)ccc3C2)n1. The minimum Gasteiger partial charge on any atom is -0.395 e. The first-order valence-corrected chi connectivity index (χ1v) is 8.67. The van der Waals surface area contributed by atoms with Gasteiger partial charge in [0.1, 0.15) is 17.5 Å². The maximum absolute atomic E-state index is 10.2. The lowest BCUT2D eigenvalue weighted by Gasteiger charge is -2.31. The van der Waals surface area contributed by atoms with E-state index in [1.54, 1.807) is 0 Å². The van der Waals surface area contributed by atoms with Crippen LogP contribution in [-0.4, -0.2) is 39.9 Å². The van der Waals surface area contributed by atoms with Gasteiger partial charge in [0.15, 0.2) is 0 Å². The Kier molecular flexibility index (Phi) is 4.92. The molecule has 1 aromatic heterocycles. The standard InChI is InChI=1S/C19H26N4O2/c1-13-21-17(20-7-9-24)11-18(22-13)23-8-6-14-10-16(19(2,3)25)5-4-15(14)12-23/h4-5,10-11,24-25H,6-9,12H2,1-3H3,(H,20,21,22). The molecule has 0 amide bonds. The van der Waals surface area contributed by atoms with Crippen LogP contribution in [0.3, 0.4) is 0 Å². The number of benzene rings is 1. The normalized spacial score (nSPS) is 14.4. The number of anilines is 2. The number of nitrogens with one attached hydrogen (secondary N) is 1. The van der Waals surface area contributed by atoms with Crippen molar-refractivity contribution in [3.05, 3.63) is 46.8 Å². The highest BCUT2D eigenvalue weighted by Gasteiger charge is 2.22. The van der Waals surface area contributed by atoms with Crippen molar-refractivity contribution in [2.75, 3.05) is 29.9 Å². The molecule has 134 valence electrons. The number of hydrogen-bond acceptors (Lipinski definition) is 6. The van der Waals surface area contributed by atoms with Gasteiger partial charge in [0.25, 0.3) is 0 Å². The Balaban J connectivity index is 1.82. The minimum absolute atomic E-state index is 0.0685. The maximum Gasteiger partial charge on any atom is 0.134 e. The van der Waals surface area contributed by atoms with Crippen LogP contribution in [0.2, 0.25) is 0 Å². The van der Waals surface area contributed by atoms with Crippen LogP contribution >= 0.6 is 0 Å². The molecular weight excluding hydrogens is 316 g/mol. The molecule has 6 heteroatoms. The van der Waals surface area contributed by atoms with E-state index in [-0.39, 0.29) is 6.61 Å². The summed E-state index contributed by atoms with van der Waals surface area (Å²) in [6.45, 7) is 7.71. The fourth-order valence-electron chi connectivity index (χ4n) is 3.12. The predicted molar refractivity (Wildman–Crippen MR) is 98.8 cm³/mol. The number of aliphatic hydroxyl groups is 2. The van der Waals surface area contributed by atoms with Crippen molar-refractivity contribution in [1.29, 1.82) is 0 Å². The van der Waals surface area contributed by atoms with Gasteiger partial charge in [-0.15, -0.1) is 0 Å². The summed E-state index contributed by atoms with van der Waals surface area (Å²) >= 11 is 0. The van der Waals surface area contributed by atoms with Gasteiger partial charge >= 0.3 is 0 Å². The minimum atomic E-state index is -0.816. The van der Waals surface area contributed by atoms with Crippen LogP contribution in [0.5, 0.6) is 0 Å². The van der Waals surface area contributed by atoms with Crippen molar-refractivity contribution in [3.63, 3.8) is 0 Å². The van der Waals surface area contributed by atoms with Crippen molar-refractivity contribution in [1.82, 2.24) is 9.97 Å². The quantitative estimate of drug-likeness (QED) is 0.771. The molecule has 0 spiro atoms. The molecular formula is C19H26N4O2. The number of nitrogens with zero attached hydrogens (tertiary/aromatic N) is 3. The Hall–Kier alpha value is -2.18. The Morgan fingerprint density at radius 2 is 2.00 bits per heavy atom. The Morgan fingerprint density at radius 3 is 2.72 bits per heavy atom. The Bertz CT molecular complexity index is 756. The molecule has 0 atom stereocenters. The van der Waals surface area contributed by atoms with Crippen molar-refractivity contribution in [3.8, 4) is 0 Å². The van der Waals surface area contributed by atoms with Crippen molar-refractivity contribution < 1.29 is 10.2 Å². The molecule has 1 aromatic carbocycles. The predicted octanol–water partition coefficient (Wildman–Crippen LogP) is 1.98. The summed E-state index contributed by atoms with van der Waals surface area (Å²) in [6, 6.07) is 8.15. The molecule has 0 saturated carbocycles. The summed E-state index contributed by atoms with van der Waals surface area (Å²) in [5, 5.41) is 22.3. The molecule has 1 aliphatic heterocycles.